The van der Waals surface area contributed by atoms with Crippen LogP contribution in [-0.4, -0.2) is 87.9 Å². The summed E-state index contributed by atoms with van der Waals surface area (Å²) in [6, 6.07) is 7.65. The van der Waals surface area contributed by atoms with Crippen molar-refractivity contribution in [2.45, 2.75) is 56.9 Å². The van der Waals surface area contributed by atoms with Crippen molar-refractivity contribution < 1.29 is 31.1 Å². The lowest BCUT2D eigenvalue weighted by molar-refractivity contribution is -0.137. The van der Waals surface area contributed by atoms with E-state index in [-0.39, 0.29) is 47.6 Å². The number of benzene rings is 2. The molecule has 2 atom stereocenters. The molecular formula is C33H32F6N8O. The number of carbonyl (C=O) groups is 1. The molecule has 4 heterocycles. The first kappa shape index (κ1) is 33.2. The average Bonchev–Trinajstić information content (AvgIpc) is 3.45. The van der Waals surface area contributed by atoms with Gasteiger partial charge in [0.15, 0.2) is 17.2 Å². The number of piperidine rings is 1. The summed E-state index contributed by atoms with van der Waals surface area (Å²) in [5, 5.41) is 18.7. The summed E-state index contributed by atoms with van der Waals surface area (Å²) in [7, 11) is 3.87. The Kier molecular flexibility index (Phi) is 8.80. The van der Waals surface area contributed by atoms with Crippen LogP contribution in [-0.2, 0) is 11.0 Å². The highest BCUT2D eigenvalue weighted by molar-refractivity contribution is 6.08. The molecule has 6 rings (SSSR count). The minimum absolute atomic E-state index is 0.0552. The van der Waals surface area contributed by atoms with E-state index >= 15 is 4.39 Å². The van der Waals surface area contributed by atoms with Crippen LogP contribution in [0.4, 0.5) is 32.2 Å². The summed E-state index contributed by atoms with van der Waals surface area (Å²) in [4.78, 5) is 22.8. The van der Waals surface area contributed by atoms with Gasteiger partial charge in [0, 0.05) is 48.7 Å². The van der Waals surface area contributed by atoms with Gasteiger partial charge in [0.25, 0.3) is 6.43 Å². The Balaban J connectivity index is 1.51. The van der Waals surface area contributed by atoms with Gasteiger partial charge in [-0.3, -0.25) is 4.79 Å². The van der Waals surface area contributed by atoms with Crippen molar-refractivity contribution in [3.8, 4) is 17.2 Å². The van der Waals surface area contributed by atoms with E-state index in [2.05, 4.69) is 21.4 Å². The van der Waals surface area contributed by atoms with Gasteiger partial charge >= 0.3 is 6.18 Å². The number of likely N-dealkylation sites (tertiary alicyclic amines) is 1. The number of rotatable bonds is 7. The van der Waals surface area contributed by atoms with Crippen molar-refractivity contribution >= 4 is 33.7 Å². The topological polar surface area (TPSA) is 94.2 Å². The highest BCUT2D eigenvalue weighted by Gasteiger charge is 2.38. The number of alkyl halides is 5. The molecular weight excluding hydrogens is 638 g/mol. The highest BCUT2D eigenvalue weighted by Crippen LogP contribution is 2.43. The number of hydrogen-bond acceptors (Lipinski definition) is 7. The summed E-state index contributed by atoms with van der Waals surface area (Å²) < 4.78 is 86.0. The number of anilines is 1. The number of amides is 1. The zero-order valence-corrected chi connectivity index (χ0v) is 26.3. The Hall–Kier alpha value is -4.71. The van der Waals surface area contributed by atoms with Crippen LogP contribution in [0.25, 0.3) is 33.1 Å². The molecule has 2 fully saturated rings. The molecule has 0 saturated carbocycles. The van der Waals surface area contributed by atoms with Crippen molar-refractivity contribution in [3.05, 3.63) is 59.4 Å². The van der Waals surface area contributed by atoms with Crippen molar-refractivity contribution in [3.63, 3.8) is 0 Å². The maximum atomic E-state index is 16.7. The normalized spacial score (nSPS) is 19.2. The lowest BCUT2D eigenvalue weighted by Crippen LogP contribution is -2.57. The molecule has 1 amide bonds. The van der Waals surface area contributed by atoms with E-state index < -0.39 is 42.0 Å². The van der Waals surface area contributed by atoms with Crippen LogP contribution in [0.2, 0.25) is 0 Å². The molecule has 9 nitrogen and oxygen atoms in total. The van der Waals surface area contributed by atoms with E-state index in [0.717, 1.165) is 12.1 Å². The number of aryl methyl sites for hydroxylation is 1. The Labute approximate surface area is 272 Å². The number of likely N-dealkylation sites (N-methyl/N-ethyl adjacent to an activating group) is 1. The van der Waals surface area contributed by atoms with Gasteiger partial charge in [0.2, 0.25) is 5.91 Å². The van der Waals surface area contributed by atoms with Crippen LogP contribution in [0, 0.1) is 24.1 Å². The molecule has 48 heavy (non-hydrogen) atoms. The summed E-state index contributed by atoms with van der Waals surface area (Å²) in [6.45, 7) is 2.79. The Bertz CT molecular complexity index is 1940. The monoisotopic (exact) mass is 670 g/mol. The molecule has 2 aromatic carbocycles. The van der Waals surface area contributed by atoms with Gasteiger partial charge < -0.3 is 14.7 Å². The molecule has 15 heteroatoms. The third-order valence-corrected chi connectivity index (χ3v) is 9.24. The number of allylic oxidation sites excluding steroid dienone is 1. The predicted molar refractivity (Wildman–Crippen MR) is 167 cm³/mol. The Morgan fingerprint density at radius 1 is 1.19 bits per heavy atom. The van der Waals surface area contributed by atoms with Crippen LogP contribution < -0.4 is 4.90 Å². The maximum Gasteiger partial charge on any atom is 0.417 e. The number of fused-ring (bicyclic) bond motifs is 3. The number of carbonyl (C=O) groups excluding carboxylic acids is 1. The third-order valence-electron chi connectivity index (χ3n) is 9.24. The fourth-order valence-electron chi connectivity index (χ4n) is 6.71. The number of pyridine rings is 1. The molecule has 252 valence electrons. The van der Waals surface area contributed by atoms with E-state index in [1.54, 1.807) is 10.7 Å². The van der Waals surface area contributed by atoms with Gasteiger partial charge in [-0.2, -0.15) is 18.4 Å². The van der Waals surface area contributed by atoms with Gasteiger partial charge in [-0.15, -0.1) is 5.10 Å². The van der Waals surface area contributed by atoms with E-state index in [0.29, 0.717) is 47.8 Å². The number of hydrogen-bond donors (Lipinski definition) is 0. The minimum atomic E-state index is -4.72. The van der Waals surface area contributed by atoms with E-state index in [9.17, 15) is 32.0 Å². The SMILES string of the molecule is Cc1cc2c(nc(N3CC(N(C)C)C3)c3nnn([C@H]4CCN(C(=O)/C=C/C(F)F)[C@H](CC#N)C4)c32)c(F)c1-c1ccccc1C(F)(F)F. The van der Waals surface area contributed by atoms with Crippen molar-refractivity contribution in [2.24, 2.45) is 0 Å². The molecule has 0 bridgehead atoms. The zero-order chi connectivity index (χ0) is 34.5. The average molecular weight is 671 g/mol. The first-order chi connectivity index (χ1) is 22.8. The molecule has 0 spiro atoms. The summed E-state index contributed by atoms with van der Waals surface area (Å²) in [5.74, 6) is -1.19. The minimum Gasteiger partial charge on any atom is -0.351 e. The standard InChI is InChI=1S/C33H32F6N8O/c1-18-14-23-29(28(36)27(18)22-6-4-5-7-24(22)33(37,38)39)41-32(45-16-21(17-45)44(2)3)30-31(23)47(43-42-30)20-11-13-46(19(15-20)10-12-40)26(48)9-8-25(34)35/h4-9,14,19-21,25H,10-11,13,15-17H2,1-3H3/b9-8+/t19-,20+/m1/s1. The lowest BCUT2D eigenvalue weighted by Gasteiger charge is -2.43. The van der Waals surface area contributed by atoms with Crippen LogP contribution in [0.3, 0.4) is 0 Å². The molecule has 2 aliphatic rings. The number of nitrogens with zero attached hydrogens (tertiary/aromatic N) is 8. The van der Waals surface area contributed by atoms with Gasteiger partial charge in [0.1, 0.15) is 11.0 Å². The lowest BCUT2D eigenvalue weighted by atomic mass is 9.92. The molecule has 0 N–H and O–H groups in total. The summed E-state index contributed by atoms with van der Waals surface area (Å²) >= 11 is 0. The van der Waals surface area contributed by atoms with Crippen LogP contribution in [0.5, 0.6) is 0 Å². The molecule has 0 aliphatic carbocycles. The molecule has 2 aliphatic heterocycles. The van der Waals surface area contributed by atoms with E-state index in [4.69, 9.17) is 0 Å². The Morgan fingerprint density at radius 3 is 2.58 bits per heavy atom. The first-order valence-electron chi connectivity index (χ1n) is 15.4. The van der Waals surface area contributed by atoms with Crippen LogP contribution in [0.15, 0.2) is 42.5 Å². The van der Waals surface area contributed by atoms with Gasteiger partial charge in [-0.1, -0.05) is 23.4 Å². The van der Waals surface area contributed by atoms with Gasteiger partial charge in [0.05, 0.1) is 24.1 Å². The molecule has 2 saturated heterocycles. The second-order valence-corrected chi connectivity index (χ2v) is 12.4. The predicted octanol–water partition coefficient (Wildman–Crippen LogP) is 6.13. The van der Waals surface area contributed by atoms with E-state index in [1.165, 1.54) is 30.0 Å². The summed E-state index contributed by atoms with van der Waals surface area (Å²) in [5.41, 5.74) is -0.540. The Morgan fingerprint density at radius 2 is 1.92 bits per heavy atom. The number of nitriles is 1. The van der Waals surface area contributed by atoms with Gasteiger partial charge in [-0.05, 0) is 63.2 Å². The smallest absolute Gasteiger partial charge is 0.351 e. The quantitative estimate of drug-likeness (QED) is 0.173. The number of halogens is 6. The van der Waals surface area contributed by atoms with E-state index in [1.807, 2.05) is 23.9 Å². The van der Waals surface area contributed by atoms with Crippen LogP contribution in [0.1, 0.15) is 36.4 Å². The van der Waals surface area contributed by atoms with Crippen molar-refractivity contribution in [1.29, 1.82) is 5.26 Å². The fraction of sp³-hybridized carbons (Fsp3) is 0.424. The largest absolute Gasteiger partial charge is 0.417 e. The van der Waals surface area contributed by atoms with Gasteiger partial charge in [-0.25, -0.2) is 22.8 Å². The van der Waals surface area contributed by atoms with Crippen LogP contribution >= 0.6 is 0 Å². The van der Waals surface area contributed by atoms with Crippen molar-refractivity contribution in [1.82, 2.24) is 29.8 Å². The zero-order valence-electron chi connectivity index (χ0n) is 26.3. The third kappa shape index (κ3) is 5.93. The fourth-order valence-corrected chi connectivity index (χ4v) is 6.71. The highest BCUT2D eigenvalue weighted by atomic mass is 19.4. The van der Waals surface area contributed by atoms with Crippen molar-refractivity contribution in [2.75, 3.05) is 38.6 Å². The summed E-state index contributed by atoms with van der Waals surface area (Å²) in [6.07, 6.45) is -5.70. The molecule has 2 aromatic heterocycles. The first-order valence-corrected chi connectivity index (χ1v) is 15.4. The second-order valence-electron chi connectivity index (χ2n) is 12.4. The second kappa shape index (κ2) is 12.7. The molecule has 0 radical (unpaired) electrons. The molecule has 4 aromatic rings. The number of aromatic nitrogens is 4. The molecule has 0 unspecified atom stereocenters. The maximum absolute atomic E-state index is 16.7.